The second kappa shape index (κ2) is 13.5. The highest BCUT2D eigenvalue weighted by atomic mass is 35.5. The Bertz CT molecular complexity index is 1250. The number of piperazine rings is 1. The number of benzene rings is 1. The maximum atomic E-state index is 13.9. The molecule has 0 spiro atoms. The summed E-state index contributed by atoms with van der Waals surface area (Å²) in [5, 5.41) is 3.61. The number of fused-ring (bicyclic) bond motifs is 1. The predicted molar refractivity (Wildman–Crippen MR) is 165 cm³/mol. The van der Waals surface area contributed by atoms with Crippen LogP contribution in [0.4, 0.5) is 10.1 Å². The summed E-state index contributed by atoms with van der Waals surface area (Å²) in [7, 11) is 0. The van der Waals surface area contributed by atoms with Crippen LogP contribution in [0.25, 0.3) is 0 Å². The van der Waals surface area contributed by atoms with Gasteiger partial charge in [-0.15, -0.1) is 24.8 Å². The minimum atomic E-state index is -0.325. The molecule has 11 heteroatoms. The Morgan fingerprint density at radius 1 is 1.10 bits per heavy atom. The molecule has 0 radical (unpaired) electrons. The minimum absolute atomic E-state index is 0. The summed E-state index contributed by atoms with van der Waals surface area (Å²) in [5.41, 5.74) is 2.08. The van der Waals surface area contributed by atoms with E-state index in [9.17, 15) is 14.0 Å². The number of nitrogens with one attached hydrogen (secondary N) is 1. The number of rotatable bonds is 6. The highest BCUT2D eigenvalue weighted by Crippen LogP contribution is 2.39. The van der Waals surface area contributed by atoms with Crippen molar-refractivity contribution in [1.82, 2.24) is 19.7 Å². The van der Waals surface area contributed by atoms with E-state index in [1.54, 1.807) is 22.8 Å². The van der Waals surface area contributed by atoms with Crippen LogP contribution >= 0.6 is 24.8 Å². The molecule has 4 atom stereocenters. The summed E-state index contributed by atoms with van der Waals surface area (Å²) in [6, 6.07) is 9.04. The number of amides is 1. The molecule has 1 N–H and O–H groups in total. The van der Waals surface area contributed by atoms with E-state index in [-0.39, 0.29) is 53.6 Å². The highest BCUT2D eigenvalue weighted by Gasteiger charge is 2.40. The lowest BCUT2D eigenvalue weighted by Crippen LogP contribution is -2.63. The number of morpholine rings is 1. The van der Waals surface area contributed by atoms with Gasteiger partial charge in [-0.25, -0.2) is 4.39 Å². The van der Waals surface area contributed by atoms with Crippen LogP contribution in [0, 0.1) is 5.82 Å². The van der Waals surface area contributed by atoms with Crippen LogP contribution in [0.15, 0.2) is 41.3 Å². The molecule has 2 fully saturated rings. The first-order chi connectivity index (χ1) is 18.5. The number of hydrogen-bond donors (Lipinski definition) is 1. The van der Waals surface area contributed by atoms with Crippen LogP contribution in [0.3, 0.4) is 0 Å². The number of anilines is 1. The van der Waals surface area contributed by atoms with Gasteiger partial charge in [0.15, 0.2) is 0 Å². The van der Waals surface area contributed by atoms with Crippen molar-refractivity contribution in [2.24, 2.45) is 0 Å². The molecule has 0 unspecified atom stereocenters. The zero-order valence-corrected chi connectivity index (χ0v) is 26.3. The SMILES string of the molecule is C[C@@H]1CN(CC(=O)N2CC(C)(C)c3cc(=O)n(Cc4ccc(F)cc4)cc32)[C@@H](CN2[C@H](C)COC[C@H]2C)CN1.Cl.Cl. The first kappa shape index (κ1) is 33.5. The van der Waals surface area contributed by atoms with E-state index in [0.717, 1.165) is 49.7 Å². The summed E-state index contributed by atoms with van der Waals surface area (Å²) in [6.45, 7) is 15.9. The smallest absolute Gasteiger partial charge is 0.251 e. The molecule has 2 aromatic rings. The number of carbonyl (C=O) groups excluding carboxylic acids is 1. The normalized spacial score (nSPS) is 26.1. The van der Waals surface area contributed by atoms with Crippen molar-refractivity contribution >= 4 is 36.4 Å². The molecule has 0 saturated carbocycles. The Hall–Kier alpha value is -2.01. The summed E-state index contributed by atoms with van der Waals surface area (Å²) in [4.78, 5) is 33.6. The largest absolute Gasteiger partial charge is 0.378 e. The van der Waals surface area contributed by atoms with Gasteiger partial charge in [0.05, 0.1) is 32.0 Å². The molecule has 1 amide bonds. The molecule has 0 bridgehead atoms. The average molecular weight is 613 g/mol. The molecule has 3 aliphatic heterocycles. The fourth-order valence-electron chi connectivity index (χ4n) is 6.32. The summed E-state index contributed by atoms with van der Waals surface area (Å²) in [6.07, 6.45) is 1.81. The quantitative estimate of drug-likeness (QED) is 0.541. The topological polar surface area (TPSA) is 70.1 Å². The number of nitrogens with zero attached hydrogens (tertiary/aromatic N) is 4. The van der Waals surface area contributed by atoms with Crippen molar-refractivity contribution in [2.75, 3.05) is 50.8 Å². The molecule has 41 heavy (non-hydrogen) atoms. The van der Waals surface area contributed by atoms with Crippen LogP contribution in [0.2, 0.25) is 0 Å². The highest BCUT2D eigenvalue weighted by molar-refractivity contribution is 5.97. The number of hydrogen-bond acceptors (Lipinski definition) is 6. The third kappa shape index (κ3) is 7.32. The molecule has 4 heterocycles. The third-order valence-corrected chi connectivity index (χ3v) is 8.58. The Morgan fingerprint density at radius 3 is 2.41 bits per heavy atom. The minimum Gasteiger partial charge on any atom is -0.378 e. The lowest BCUT2D eigenvalue weighted by molar-refractivity contribution is -0.121. The van der Waals surface area contributed by atoms with Crippen LogP contribution in [-0.4, -0.2) is 90.4 Å². The van der Waals surface area contributed by atoms with Crippen LogP contribution in [0.5, 0.6) is 0 Å². The van der Waals surface area contributed by atoms with Gasteiger partial charge >= 0.3 is 0 Å². The van der Waals surface area contributed by atoms with Crippen molar-refractivity contribution < 1.29 is 13.9 Å². The maximum Gasteiger partial charge on any atom is 0.251 e. The molecular weight excluding hydrogens is 568 g/mol. The van der Waals surface area contributed by atoms with Crippen molar-refractivity contribution in [3.05, 3.63) is 63.8 Å². The summed E-state index contributed by atoms with van der Waals surface area (Å²) >= 11 is 0. The van der Waals surface area contributed by atoms with Crippen molar-refractivity contribution in [3.8, 4) is 0 Å². The molecule has 5 rings (SSSR count). The van der Waals surface area contributed by atoms with Gasteiger partial charge in [0.25, 0.3) is 5.56 Å². The van der Waals surface area contributed by atoms with Gasteiger partial charge in [0, 0.05) is 68.0 Å². The van der Waals surface area contributed by atoms with Crippen molar-refractivity contribution in [3.63, 3.8) is 0 Å². The Morgan fingerprint density at radius 2 is 1.76 bits per heavy atom. The first-order valence-electron chi connectivity index (χ1n) is 14.1. The molecular formula is C30H44Cl2FN5O3. The van der Waals surface area contributed by atoms with Crippen molar-refractivity contribution in [1.29, 1.82) is 0 Å². The van der Waals surface area contributed by atoms with Gasteiger partial charge in [0.1, 0.15) is 5.82 Å². The van der Waals surface area contributed by atoms with Gasteiger partial charge in [-0.1, -0.05) is 26.0 Å². The molecule has 228 valence electrons. The van der Waals surface area contributed by atoms with Crippen LogP contribution in [0.1, 0.15) is 45.7 Å². The number of pyridine rings is 1. The summed E-state index contributed by atoms with van der Waals surface area (Å²) in [5.74, 6) is -0.257. The van der Waals surface area contributed by atoms with Crippen molar-refractivity contribution in [2.45, 2.75) is 70.7 Å². The standard InChI is InChI=1S/C30H42FN5O3.2ClH/c1-20-12-33(25(11-32-20)14-35-21(2)17-39-18-22(35)3)16-29(38)36-19-30(4,5)26-10-28(37)34(15-27(26)36)13-23-6-8-24(31)9-7-23;;/h6-10,15,20-22,25,32H,11-14,16-19H2,1-5H3;2*1H/t20-,21-,22-,25-;;/m1../s1. The first-order valence-corrected chi connectivity index (χ1v) is 14.1. The van der Waals surface area contributed by atoms with E-state index in [4.69, 9.17) is 4.74 Å². The summed E-state index contributed by atoms with van der Waals surface area (Å²) < 4.78 is 20.7. The number of aromatic nitrogens is 1. The zero-order valence-electron chi connectivity index (χ0n) is 24.6. The fourth-order valence-corrected chi connectivity index (χ4v) is 6.32. The lowest BCUT2D eigenvalue weighted by atomic mass is 9.87. The van der Waals surface area contributed by atoms with Gasteiger partial charge < -0.3 is 19.5 Å². The number of carbonyl (C=O) groups is 1. The third-order valence-electron chi connectivity index (χ3n) is 8.58. The van der Waals surface area contributed by atoms with E-state index >= 15 is 0 Å². The Labute approximate surface area is 255 Å². The van der Waals surface area contributed by atoms with Crippen LogP contribution < -0.4 is 15.8 Å². The second-order valence-corrected chi connectivity index (χ2v) is 12.4. The molecule has 3 aliphatic rings. The molecule has 0 aliphatic carbocycles. The average Bonchev–Trinajstić information content (AvgIpc) is 3.14. The van der Waals surface area contributed by atoms with Crippen LogP contribution in [-0.2, 0) is 21.5 Å². The molecule has 1 aromatic carbocycles. The van der Waals surface area contributed by atoms with E-state index in [1.807, 2.05) is 11.1 Å². The Balaban J connectivity index is 0.00000231. The van der Waals surface area contributed by atoms with E-state index in [0.29, 0.717) is 37.8 Å². The maximum absolute atomic E-state index is 13.9. The number of ether oxygens (including phenoxy) is 1. The van der Waals surface area contributed by atoms with Gasteiger partial charge in [-0.3, -0.25) is 19.4 Å². The molecule has 2 saturated heterocycles. The predicted octanol–water partition coefficient (Wildman–Crippen LogP) is 3.28. The monoisotopic (exact) mass is 611 g/mol. The van der Waals surface area contributed by atoms with Gasteiger partial charge in [0.2, 0.25) is 5.91 Å². The van der Waals surface area contributed by atoms with Gasteiger partial charge in [-0.05, 0) is 44.0 Å². The zero-order chi connectivity index (χ0) is 27.9. The van der Waals surface area contributed by atoms with E-state index in [1.165, 1.54) is 12.1 Å². The molecule has 1 aromatic heterocycles. The number of halogens is 3. The fraction of sp³-hybridized carbons (Fsp3) is 0.600. The molecule has 8 nitrogen and oxygen atoms in total. The lowest BCUT2D eigenvalue weighted by Gasteiger charge is -2.46. The Kier molecular flexibility index (Phi) is 11.0. The second-order valence-electron chi connectivity index (χ2n) is 12.4. The van der Waals surface area contributed by atoms with E-state index < -0.39 is 0 Å². The van der Waals surface area contributed by atoms with E-state index in [2.05, 4.69) is 49.7 Å². The van der Waals surface area contributed by atoms with Gasteiger partial charge in [-0.2, -0.15) is 0 Å².